The highest BCUT2D eigenvalue weighted by atomic mass is 16.6. The molecular formula is C72H95N9O16. The summed E-state index contributed by atoms with van der Waals surface area (Å²) in [4.78, 5) is 141. The summed E-state index contributed by atoms with van der Waals surface area (Å²) in [5.74, 6) is 2.42. The number of aliphatic carboxylic acids is 1. The molecule has 5 N–H and O–H groups in total. The number of amides is 8. The van der Waals surface area contributed by atoms with E-state index in [0.717, 1.165) is 48.3 Å². The minimum Gasteiger partial charge on any atom is -0.480 e. The Kier molecular flexibility index (Phi) is 23.1. The Hall–Kier alpha value is -8.02. The summed E-state index contributed by atoms with van der Waals surface area (Å²) in [6, 6.07) is 10.1. The number of ether oxygens (including phenoxy) is 4. The minimum absolute atomic E-state index is 0.00207. The topological polar surface area (TPSA) is 304 Å². The van der Waals surface area contributed by atoms with Crippen LogP contribution >= 0.6 is 0 Å². The summed E-state index contributed by atoms with van der Waals surface area (Å²) in [6.07, 6.45) is 8.23. The maximum Gasteiger partial charge on any atom is 0.410 e. The zero-order chi connectivity index (χ0) is 69.3. The number of nitrogens with zero attached hydrogens (tertiary/aromatic N) is 6. The van der Waals surface area contributed by atoms with E-state index in [2.05, 4.69) is 63.9 Å². The van der Waals surface area contributed by atoms with E-state index in [4.69, 9.17) is 18.9 Å². The number of carbonyl (C=O) groups excluding carboxylic acids is 9. The molecule has 2 aromatic rings. The number of allylic oxidation sites excluding steroid dienone is 4. The van der Waals surface area contributed by atoms with Crippen molar-refractivity contribution in [3.63, 3.8) is 0 Å². The zero-order valence-corrected chi connectivity index (χ0v) is 56.9. The normalized spacial score (nSPS) is 25.7. The number of nitrogens with one attached hydrogen (secondary N) is 3. The number of piperazine rings is 2. The molecule has 8 atom stereocenters. The number of imide groups is 2. The van der Waals surface area contributed by atoms with Crippen molar-refractivity contribution < 1.29 is 77.1 Å². The molecule has 4 heterocycles. The lowest BCUT2D eigenvalue weighted by molar-refractivity contribution is -0.156. The van der Waals surface area contributed by atoms with E-state index in [1.165, 1.54) is 37.5 Å². The standard InChI is InChI=1S/C72H95N9O16/c1-7-26-72(93)27-25-54-51-21-17-47-41-49(82)20-22-50(47)62(51)53(42-71(54,72)5)46-15-18-48(19-16-46)76(6)30-9-14-60(84)79-34-32-78(69(92)97-70(2,3)4)44-58(79)67(90)80-33-31-77(45-61(85)86)43-57(80)64(87)74-29-11-36-95-38-40-96-39-37-94-35-10-28-73-55-13-8-12-52-63(55)68(91)81(66(52)89)56-23-24-59(83)75-65(56)88/h8,12-13,15-16,18-19,41,51,53-54,56-58,73,93H,9-11,14,17,20-25,27-40,42-45H2,1-6H3,(H,74,87)(H,85,86)(H,75,83,88)/t51-,53+,54-,56?,57?,58?,71-,72-/m0/s1. The van der Waals surface area contributed by atoms with Crippen molar-refractivity contribution in [1.82, 2.24) is 35.1 Å². The number of carboxylic acids is 1. The van der Waals surface area contributed by atoms with E-state index in [1.54, 1.807) is 44.7 Å². The molecule has 2 aromatic carbocycles. The predicted octanol–water partition coefficient (Wildman–Crippen LogP) is 5.06. The first-order chi connectivity index (χ1) is 46.4. The van der Waals surface area contributed by atoms with Crippen molar-refractivity contribution in [3.05, 3.63) is 82.0 Å². The Morgan fingerprint density at radius 1 is 0.794 bits per heavy atom. The van der Waals surface area contributed by atoms with Crippen molar-refractivity contribution in [1.29, 1.82) is 0 Å². The first kappa shape index (κ1) is 71.7. The van der Waals surface area contributed by atoms with Crippen LogP contribution in [0.15, 0.2) is 65.3 Å². The van der Waals surface area contributed by atoms with E-state index >= 15 is 4.79 Å². The van der Waals surface area contributed by atoms with Crippen LogP contribution in [-0.4, -0.2) is 235 Å². The molecule has 0 spiro atoms. The Labute approximate surface area is 567 Å². The van der Waals surface area contributed by atoms with Gasteiger partial charge in [0.1, 0.15) is 29.3 Å². The van der Waals surface area contributed by atoms with Crippen LogP contribution in [0.5, 0.6) is 0 Å². The van der Waals surface area contributed by atoms with Gasteiger partial charge in [-0.05, 0) is 151 Å². The first-order valence-electron chi connectivity index (χ1n) is 34.5. The lowest BCUT2D eigenvalue weighted by atomic mass is 9.51. The molecule has 10 rings (SSSR count). The van der Waals surface area contributed by atoms with Gasteiger partial charge in [-0.1, -0.05) is 36.6 Å². The molecule has 25 heteroatoms. The van der Waals surface area contributed by atoms with Gasteiger partial charge in [-0.2, -0.15) is 0 Å². The summed E-state index contributed by atoms with van der Waals surface area (Å²) in [6.45, 7) is 11.9. The van der Waals surface area contributed by atoms with E-state index < -0.39 is 82.2 Å². The fraction of sp³-hybridized carbons (Fsp3) is 0.611. The second-order valence-electron chi connectivity index (χ2n) is 28.0. The average molecular weight is 1340 g/mol. The van der Waals surface area contributed by atoms with Crippen molar-refractivity contribution in [2.45, 2.75) is 153 Å². The summed E-state index contributed by atoms with van der Waals surface area (Å²) in [5.41, 5.74) is 4.56. The van der Waals surface area contributed by atoms with E-state index in [0.29, 0.717) is 82.5 Å². The van der Waals surface area contributed by atoms with Crippen LogP contribution in [-0.2, 0) is 52.5 Å². The molecule has 2 saturated carbocycles. The van der Waals surface area contributed by atoms with Crippen molar-refractivity contribution >= 4 is 70.6 Å². The van der Waals surface area contributed by atoms with Gasteiger partial charge >= 0.3 is 12.1 Å². The number of carbonyl (C=O) groups is 10. The second-order valence-corrected chi connectivity index (χ2v) is 28.0. The molecule has 5 fully saturated rings. The van der Waals surface area contributed by atoms with Crippen LogP contribution in [0, 0.1) is 29.1 Å². The number of benzene rings is 2. The molecule has 3 saturated heterocycles. The smallest absolute Gasteiger partial charge is 0.410 e. The van der Waals surface area contributed by atoms with E-state index in [1.807, 2.05) is 13.1 Å². The third-order valence-corrected chi connectivity index (χ3v) is 20.6. The summed E-state index contributed by atoms with van der Waals surface area (Å²) in [5, 5.41) is 30.2. The third-order valence-electron chi connectivity index (χ3n) is 20.6. The quantitative estimate of drug-likeness (QED) is 0.0467. The molecule has 0 bridgehead atoms. The number of fused-ring (bicyclic) bond motifs is 5. The molecular weight excluding hydrogens is 1250 g/mol. The summed E-state index contributed by atoms with van der Waals surface area (Å²) >= 11 is 0. The fourth-order valence-corrected chi connectivity index (χ4v) is 15.8. The highest BCUT2D eigenvalue weighted by Crippen LogP contribution is 2.66. The molecule has 524 valence electrons. The molecule has 0 aromatic heterocycles. The Balaban J connectivity index is 0.683. The van der Waals surface area contributed by atoms with Gasteiger partial charge in [-0.3, -0.25) is 58.3 Å². The number of aliphatic hydroxyl groups is 1. The van der Waals surface area contributed by atoms with Gasteiger partial charge < -0.3 is 59.4 Å². The van der Waals surface area contributed by atoms with E-state index in [-0.39, 0.29) is 120 Å². The second kappa shape index (κ2) is 31.2. The van der Waals surface area contributed by atoms with Crippen LogP contribution in [0.1, 0.15) is 150 Å². The molecule has 8 aliphatic rings. The SMILES string of the molecule is CC#C[C@]1(O)CC[C@H]2[C@@H]3CCC4=CC(=O)CCC4=C3[C@@H](c3ccc(N(C)CCCC(=O)N4CCN(C(=O)OC(C)(C)C)CC4C(=O)N4CCN(CC(=O)O)CC4C(=O)NCCCOCCOCCOCCCNc4cccc5c4C(=O)N(C4CCC(=O)NC4=O)C5=O)cc3)C[C@@]21C. The number of hydrogen-bond donors (Lipinski definition) is 5. The number of hydrogen-bond acceptors (Lipinski definition) is 18. The summed E-state index contributed by atoms with van der Waals surface area (Å²) < 4.78 is 22.8. The minimum atomic E-state index is -1.16. The summed E-state index contributed by atoms with van der Waals surface area (Å²) in [7, 11) is 1.97. The first-order valence-corrected chi connectivity index (χ1v) is 34.5. The maximum absolute atomic E-state index is 15.0. The van der Waals surface area contributed by atoms with Gasteiger partial charge in [-0.25, -0.2) is 4.79 Å². The Morgan fingerprint density at radius 2 is 1.51 bits per heavy atom. The lowest BCUT2D eigenvalue weighted by Gasteiger charge is -2.53. The lowest BCUT2D eigenvalue weighted by Crippen LogP contribution is -2.67. The number of anilines is 2. The fourth-order valence-electron chi connectivity index (χ4n) is 15.8. The van der Waals surface area contributed by atoms with Gasteiger partial charge in [0.05, 0.1) is 50.6 Å². The number of carboxylic acid groups (broad SMARTS) is 1. The molecule has 97 heavy (non-hydrogen) atoms. The third kappa shape index (κ3) is 16.3. The van der Waals surface area contributed by atoms with Gasteiger partial charge in [0.25, 0.3) is 11.8 Å². The van der Waals surface area contributed by atoms with Crippen LogP contribution < -0.4 is 20.9 Å². The number of piperidine rings is 1. The Morgan fingerprint density at radius 3 is 2.21 bits per heavy atom. The van der Waals surface area contributed by atoms with Gasteiger partial charge in [0.15, 0.2) is 5.78 Å². The van der Waals surface area contributed by atoms with Crippen LogP contribution in [0.25, 0.3) is 0 Å². The largest absolute Gasteiger partial charge is 0.480 e. The highest BCUT2D eigenvalue weighted by molar-refractivity contribution is 6.25. The van der Waals surface area contributed by atoms with Crippen molar-refractivity contribution in [2.75, 3.05) is 122 Å². The molecule has 4 aliphatic carbocycles. The predicted molar refractivity (Wildman–Crippen MR) is 357 cm³/mol. The van der Waals surface area contributed by atoms with Crippen molar-refractivity contribution in [3.8, 4) is 11.8 Å². The zero-order valence-electron chi connectivity index (χ0n) is 56.9. The van der Waals surface area contributed by atoms with Crippen LogP contribution in [0.2, 0.25) is 0 Å². The van der Waals surface area contributed by atoms with Gasteiger partial charge in [0, 0.05) is 115 Å². The Bertz CT molecular complexity index is 3480. The monoisotopic (exact) mass is 1340 g/mol. The molecule has 25 nitrogen and oxygen atoms in total. The molecule has 3 unspecified atom stereocenters. The highest BCUT2D eigenvalue weighted by Gasteiger charge is 2.63. The van der Waals surface area contributed by atoms with Crippen molar-refractivity contribution in [2.24, 2.45) is 17.3 Å². The number of ketones is 1. The average Bonchev–Trinajstić information content (AvgIpc) is 1.63. The molecule has 8 amide bonds. The van der Waals surface area contributed by atoms with Gasteiger partial charge in [0.2, 0.25) is 29.5 Å². The maximum atomic E-state index is 15.0. The van der Waals surface area contributed by atoms with Crippen LogP contribution in [0.4, 0.5) is 16.2 Å². The van der Waals surface area contributed by atoms with Crippen LogP contribution in [0.3, 0.4) is 0 Å². The molecule has 4 aliphatic heterocycles. The molecule has 0 radical (unpaired) electrons. The van der Waals surface area contributed by atoms with E-state index in [9.17, 15) is 53.4 Å². The number of rotatable bonds is 26. The van der Waals surface area contributed by atoms with Gasteiger partial charge in [-0.15, -0.1) is 5.92 Å².